The van der Waals surface area contributed by atoms with E-state index < -0.39 is 11.6 Å². The van der Waals surface area contributed by atoms with E-state index in [1.54, 1.807) is 20.8 Å². The highest BCUT2D eigenvalue weighted by Crippen LogP contribution is 2.29. The van der Waals surface area contributed by atoms with E-state index in [9.17, 15) is 9.59 Å². The number of hydrogen-bond donors (Lipinski definition) is 1. The first-order valence-corrected chi connectivity index (χ1v) is 7.11. The second-order valence-electron chi connectivity index (χ2n) is 5.64. The number of carbonyl (C=O) groups excluding carboxylic acids is 2. The van der Waals surface area contributed by atoms with Gasteiger partial charge >= 0.3 is 12.0 Å². The van der Waals surface area contributed by atoms with Crippen molar-refractivity contribution in [1.29, 1.82) is 0 Å². The van der Waals surface area contributed by atoms with Crippen molar-refractivity contribution in [2.45, 2.75) is 32.9 Å². The van der Waals surface area contributed by atoms with Crippen molar-refractivity contribution in [2.75, 3.05) is 11.9 Å². The molecule has 0 fully saturated rings. The molecule has 108 valence electrons. The summed E-state index contributed by atoms with van der Waals surface area (Å²) in [6.07, 6.45) is 0. The average Bonchev–Trinajstić information content (AvgIpc) is 2.29. The third-order valence-corrected chi connectivity index (χ3v) is 3.48. The molecule has 20 heavy (non-hydrogen) atoms. The predicted octanol–water partition coefficient (Wildman–Crippen LogP) is 3.14. The maximum atomic E-state index is 12.0. The third-order valence-electron chi connectivity index (χ3n) is 2.74. The van der Waals surface area contributed by atoms with E-state index in [0.29, 0.717) is 6.54 Å². The van der Waals surface area contributed by atoms with Crippen molar-refractivity contribution >= 4 is 33.6 Å². The Balaban J connectivity index is 2.10. The molecule has 1 aliphatic heterocycles. The minimum Gasteiger partial charge on any atom is -0.459 e. The first kappa shape index (κ1) is 14.8. The van der Waals surface area contributed by atoms with Gasteiger partial charge in [-0.1, -0.05) is 22.0 Å². The normalized spacial score (nSPS) is 14.6. The summed E-state index contributed by atoms with van der Waals surface area (Å²) in [6, 6.07) is 5.30. The zero-order valence-corrected chi connectivity index (χ0v) is 13.3. The van der Waals surface area contributed by atoms with Crippen LogP contribution in [0.4, 0.5) is 10.5 Å². The summed E-state index contributed by atoms with van der Waals surface area (Å²) >= 11 is 3.45. The van der Waals surface area contributed by atoms with Crippen LogP contribution in [-0.2, 0) is 16.1 Å². The number of benzene rings is 1. The van der Waals surface area contributed by atoms with Crippen molar-refractivity contribution in [2.24, 2.45) is 0 Å². The number of esters is 1. The Morgan fingerprint density at radius 3 is 2.80 bits per heavy atom. The molecule has 1 aromatic carbocycles. The fourth-order valence-electron chi connectivity index (χ4n) is 1.95. The standard InChI is InChI=1S/C14H17BrN2O3/c1-14(2,3)20-12(18)8-17-7-9-10(15)5-4-6-11(9)16-13(17)19/h4-6H,7-8H2,1-3H3,(H,16,19). The number of fused-ring (bicyclic) bond motifs is 1. The van der Waals surface area contributed by atoms with Crippen molar-refractivity contribution < 1.29 is 14.3 Å². The molecule has 0 saturated carbocycles. The number of urea groups is 1. The molecule has 1 heterocycles. The van der Waals surface area contributed by atoms with Crippen LogP contribution in [0.5, 0.6) is 0 Å². The number of amides is 2. The van der Waals surface area contributed by atoms with E-state index in [1.165, 1.54) is 4.90 Å². The quantitative estimate of drug-likeness (QED) is 0.841. The Bertz CT molecular complexity index is 552. The molecule has 6 heteroatoms. The van der Waals surface area contributed by atoms with E-state index in [1.807, 2.05) is 18.2 Å². The molecule has 2 rings (SSSR count). The molecule has 0 radical (unpaired) electrons. The molecule has 1 aliphatic rings. The number of rotatable bonds is 2. The van der Waals surface area contributed by atoms with Gasteiger partial charge in [-0.3, -0.25) is 4.79 Å². The Morgan fingerprint density at radius 2 is 2.15 bits per heavy atom. The summed E-state index contributed by atoms with van der Waals surface area (Å²) in [7, 11) is 0. The zero-order valence-electron chi connectivity index (χ0n) is 11.7. The lowest BCUT2D eigenvalue weighted by atomic mass is 10.1. The van der Waals surface area contributed by atoms with Gasteiger partial charge < -0.3 is 15.0 Å². The summed E-state index contributed by atoms with van der Waals surface area (Å²) in [5, 5.41) is 2.77. The number of ether oxygens (including phenoxy) is 1. The average molecular weight is 341 g/mol. The van der Waals surface area contributed by atoms with E-state index in [2.05, 4.69) is 21.2 Å². The van der Waals surface area contributed by atoms with E-state index in [-0.39, 0.29) is 12.6 Å². The number of anilines is 1. The molecular formula is C14H17BrN2O3. The van der Waals surface area contributed by atoms with Gasteiger partial charge in [0.1, 0.15) is 12.1 Å². The molecule has 0 bridgehead atoms. The Labute approximate surface area is 126 Å². The van der Waals surface area contributed by atoms with Gasteiger partial charge in [0, 0.05) is 15.7 Å². The maximum absolute atomic E-state index is 12.0. The van der Waals surface area contributed by atoms with Crippen molar-refractivity contribution in [1.82, 2.24) is 4.90 Å². The van der Waals surface area contributed by atoms with Gasteiger partial charge in [-0.05, 0) is 32.9 Å². The summed E-state index contributed by atoms with van der Waals surface area (Å²) in [6.45, 7) is 5.71. The number of nitrogens with zero attached hydrogens (tertiary/aromatic N) is 1. The van der Waals surface area contributed by atoms with Crippen molar-refractivity contribution in [3.05, 3.63) is 28.2 Å². The largest absolute Gasteiger partial charge is 0.459 e. The summed E-state index contributed by atoms with van der Waals surface area (Å²) < 4.78 is 6.14. The van der Waals surface area contributed by atoms with Crippen LogP contribution in [0.1, 0.15) is 26.3 Å². The lowest BCUT2D eigenvalue weighted by Gasteiger charge is -2.30. The molecule has 0 spiro atoms. The van der Waals surface area contributed by atoms with Crippen molar-refractivity contribution in [3.8, 4) is 0 Å². The van der Waals surface area contributed by atoms with Gasteiger partial charge in [0.25, 0.3) is 0 Å². The molecule has 0 saturated heterocycles. The van der Waals surface area contributed by atoms with Crippen LogP contribution in [-0.4, -0.2) is 29.0 Å². The first-order chi connectivity index (χ1) is 9.26. The highest BCUT2D eigenvalue weighted by Gasteiger charge is 2.27. The highest BCUT2D eigenvalue weighted by molar-refractivity contribution is 9.10. The maximum Gasteiger partial charge on any atom is 0.326 e. The number of hydrogen-bond acceptors (Lipinski definition) is 3. The van der Waals surface area contributed by atoms with E-state index in [0.717, 1.165) is 15.7 Å². The molecule has 0 unspecified atom stereocenters. The van der Waals surface area contributed by atoms with Gasteiger partial charge in [0.15, 0.2) is 0 Å². The monoisotopic (exact) mass is 340 g/mol. The number of halogens is 1. The van der Waals surface area contributed by atoms with Gasteiger partial charge in [-0.15, -0.1) is 0 Å². The second-order valence-corrected chi connectivity index (χ2v) is 6.49. The Morgan fingerprint density at radius 1 is 1.45 bits per heavy atom. The molecule has 0 aromatic heterocycles. The lowest BCUT2D eigenvalue weighted by molar-refractivity contribution is -0.155. The fourth-order valence-corrected chi connectivity index (χ4v) is 2.44. The number of nitrogens with one attached hydrogen (secondary N) is 1. The van der Waals surface area contributed by atoms with Crippen LogP contribution in [0.25, 0.3) is 0 Å². The molecule has 0 aliphatic carbocycles. The highest BCUT2D eigenvalue weighted by atomic mass is 79.9. The molecule has 1 N–H and O–H groups in total. The molecule has 0 atom stereocenters. The van der Waals surface area contributed by atoms with Gasteiger partial charge in [0.2, 0.25) is 0 Å². The van der Waals surface area contributed by atoms with Crippen LogP contribution >= 0.6 is 15.9 Å². The minimum absolute atomic E-state index is 0.0656. The smallest absolute Gasteiger partial charge is 0.326 e. The first-order valence-electron chi connectivity index (χ1n) is 6.31. The topological polar surface area (TPSA) is 58.6 Å². The zero-order chi connectivity index (χ0) is 14.9. The van der Waals surface area contributed by atoms with Gasteiger partial charge in [-0.2, -0.15) is 0 Å². The van der Waals surface area contributed by atoms with Crippen LogP contribution < -0.4 is 5.32 Å². The Hall–Kier alpha value is -1.56. The van der Waals surface area contributed by atoms with E-state index in [4.69, 9.17) is 4.74 Å². The summed E-state index contributed by atoms with van der Waals surface area (Å²) in [5.41, 5.74) is 1.17. The molecule has 1 aromatic rings. The molecule has 2 amide bonds. The SMILES string of the molecule is CC(C)(C)OC(=O)CN1Cc2c(Br)cccc2NC1=O. The summed E-state index contributed by atoms with van der Waals surface area (Å²) in [4.78, 5) is 25.2. The third kappa shape index (κ3) is 3.50. The van der Waals surface area contributed by atoms with Crippen LogP contribution in [0.15, 0.2) is 22.7 Å². The number of carbonyl (C=O) groups is 2. The van der Waals surface area contributed by atoms with E-state index >= 15 is 0 Å². The lowest BCUT2D eigenvalue weighted by Crippen LogP contribution is -2.43. The van der Waals surface area contributed by atoms with Crippen molar-refractivity contribution in [3.63, 3.8) is 0 Å². The second kappa shape index (κ2) is 5.44. The fraction of sp³-hybridized carbons (Fsp3) is 0.429. The van der Waals surface area contributed by atoms with Gasteiger partial charge in [-0.25, -0.2) is 4.79 Å². The van der Waals surface area contributed by atoms with Crippen LogP contribution in [0.3, 0.4) is 0 Å². The summed E-state index contributed by atoms with van der Waals surface area (Å²) in [5.74, 6) is -0.414. The molecule has 5 nitrogen and oxygen atoms in total. The predicted molar refractivity (Wildman–Crippen MR) is 79.4 cm³/mol. The Kier molecular flexibility index (Phi) is 4.04. The van der Waals surface area contributed by atoms with Gasteiger partial charge in [0.05, 0.1) is 6.54 Å². The van der Waals surface area contributed by atoms with Crippen LogP contribution in [0.2, 0.25) is 0 Å². The molecular weight excluding hydrogens is 324 g/mol. The van der Waals surface area contributed by atoms with Crippen LogP contribution in [0, 0.1) is 0 Å². The minimum atomic E-state index is -0.554.